The number of fused-ring (bicyclic) bond motifs is 1. The van der Waals surface area contributed by atoms with Crippen molar-refractivity contribution >= 4 is 32.6 Å². The smallest absolute Gasteiger partial charge is 0.250 e. The average Bonchev–Trinajstić information content (AvgIpc) is 3.35. The first-order chi connectivity index (χ1) is 13.2. The van der Waals surface area contributed by atoms with E-state index in [0.717, 1.165) is 21.7 Å². The number of methoxy groups -OCH3 is 1. The zero-order chi connectivity index (χ0) is 18.6. The van der Waals surface area contributed by atoms with Crippen LogP contribution in [0, 0.1) is 0 Å². The number of rotatable bonds is 6. The van der Waals surface area contributed by atoms with Gasteiger partial charge in [-0.2, -0.15) is 5.10 Å². The van der Waals surface area contributed by atoms with E-state index in [4.69, 9.17) is 4.74 Å². The van der Waals surface area contributed by atoms with Gasteiger partial charge in [-0.05, 0) is 30.3 Å². The van der Waals surface area contributed by atoms with Gasteiger partial charge in [0.2, 0.25) is 0 Å². The summed E-state index contributed by atoms with van der Waals surface area (Å²) in [7, 11) is 1.62. The van der Waals surface area contributed by atoms with E-state index in [2.05, 4.69) is 20.1 Å². The second kappa shape index (κ2) is 7.50. The van der Waals surface area contributed by atoms with Gasteiger partial charge in [-0.1, -0.05) is 17.4 Å². The van der Waals surface area contributed by atoms with Gasteiger partial charge in [0.25, 0.3) is 5.91 Å². The molecule has 3 heterocycles. The first-order valence-electron chi connectivity index (χ1n) is 8.20. The number of benzene rings is 1. The lowest BCUT2D eigenvalue weighted by atomic mass is 10.3. The van der Waals surface area contributed by atoms with Crippen LogP contribution in [0.3, 0.4) is 0 Å². The highest BCUT2D eigenvalue weighted by Gasteiger charge is 2.21. The summed E-state index contributed by atoms with van der Waals surface area (Å²) in [4.78, 5) is 27.4. The Bertz CT molecular complexity index is 1050. The fourth-order valence-corrected chi connectivity index (χ4v) is 3.60. The molecule has 0 aliphatic heterocycles. The third-order valence-electron chi connectivity index (χ3n) is 3.93. The molecule has 1 aromatic carbocycles. The van der Waals surface area contributed by atoms with Crippen LogP contribution in [0.1, 0.15) is 5.69 Å². The summed E-state index contributed by atoms with van der Waals surface area (Å²) in [5, 5.41) is 4.62. The molecular weight excluding hydrogens is 364 g/mol. The lowest BCUT2D eigenvalue weighted by Crippen LogP contribution is -2.33. The molecule has 0 fully saturated rings. The van der Waals surface area contributed by atoms with Crippen molar-refractivity contribution in [1.29, 1.82) is 0 Å². The Kier molecular flexibility index (Phi) is 4.75. The molecule has 9 heteroatoms. The molecule has 3 aromatic heterocycles. The molecule has 27 heavy (non-hydrogen) atoms. The summed E-state index contributed by atoms with van der Waals surface area (Å²) < 4.78 is 7.71. The van der Waals surface area contributed by atoms with Crippen molar-refractivity contribution in [1.82, 2.24) is 24.7 Å². The van der Waals surface area contributed by atoms with Crippen LogP contribution < -0.4 is 9.64 Å². The summed E-state index contributed by atoms with van der Waals surface area (Å²) in [5.41, 5.74) is 1.59. The van der Waals surface area contributed by atoms with Crippen molar-refractivity contribution in [2.75, 3.05) is 12.0 Å². The fourth-order valence-electron chi connectivity index (χ4n) is 2.59. The van der Waals surface area contributed by atoms with Crippen molar-refractivity contribution in [3.63, 3.8) is 0 Å². The minimum Gasteiger partial charge on any atom is -0.497 e. The molecule has 0 unspecified atom stereocenters. The topological polar surface area (TPSA) is 86.0 Å². The molecule has 0 atom stereocenters. The minimum atomic E-state index is -0.142. The summed E-state index contributed by atoms with van der Waals surface area (Å²) in [5.74, 6) is 0.611. The second-order valence-electron chi connectivity index (χ2n) is 5.72. The van der Waals surface area contributed by atoms with Gasteiger partial charge in [0, 0.05) is 6.20 Å². The van der Waals surface area contributed by atoms with E-state index in [9.17, 15) is 4.79 Å². The maximum atomic E-state index is 13.0. The Morgan fingerprint density at radius 2 is 2.22 bits per heavy atom. The quantitative estimate of drug-likeness (QED) is 0.511. The second-order valence-corrected chi connectivity index (χ2v) is 6.73. The molecule has 0 N–H and O–H groups in total. The lowest BCUT2D eigenvalue weighted by Gasteiger charge is -2.19. The molecule has 0 saturated carbocycles. The molecule has 4 aromatic rings. The van der Waals surface area contributed by atoms with E-state index >= 15 is 0 Å². The SMILES string of the molecule is COc1ccc2nc(N(Cc3ccccn3)C(=O)Cn3cncn3)sc2c1. The van der Waals surface area contributed by atoms with Crippen molar-refractivity contribution in [2.45, 2.75) is 13.1 Å². The summed E-state index contributed by atoms with van der Waals surface area (Å²) in [6.07, 6.45) is 4.62. The first-order valence-corrected chi connectivity index (χ1v) is 9.02. The van der Waals surface area contributed by atoms with Crippen molar-refractivity contribution in [2.24, 2.45) is 0 Å². The molecule has 0 radical (unpaired) electrons. The zero-order valence-corrected chi connectivity index (χ0v) is 15.3. The highest BCUT2D eigenvalue weighted by Crippen LogP contribution is 2.32. The van der Waals surface area contributed by atoms with Gasteiger partial charge < -0.3 is 4.74 Å². The van der Waals surface area contributed by atoms with Gasteiger partial charge in [-0.3, -0.25) is 14.7 Å². The molecule has 136 valence electrons. The van der Waals surface area contributed by atoms with E-state index in [0.29, 0.717) is 11.7 Å². The molecule has 1 amide bonds. The minimum absolute atomic E-state index is 0.0755. The number of amides is 1. The van der Waals surface area contributed by atoms with E-state index in [1.54, 1.807) is 18.2 Å². The largest absolute Gasteiger partial charge is 0.497 e. The first kappa shape index (κ1) is 17.1. The molecule has 0 saturated heterocycles. The highest BCUT2D eigenvalue weighted by molar-refractivity contribution is 7.22. The van der Waals surface area contributed by atoms with Gasteiger partial charge in [0.1, 0.15) is 24.9 Å². The monoisotopic (exact) mass is 380 g/mol. The van der Waals surface area contributed by atoms with Crippen LogP contribution in [0.15, 0.2) is 55.2 Å². The number of carbonyl (C=O) groups excluding carboxylic acids is 1. The van der Waals surface area contributed by atoms with Crippen molar-refractivity contribution < 1.29 is 9.53 Å². The number of ether oxygens (including phenoxy) is 1. The number of anilines is 1. The van der Waals surface area contributed by atoms with Crippen LogP contribution in [-0.4, -0.2) is 37.7 Å². The third-order valence-corrected chi connectivity index (χ3v) is 4.97. The van der Waals surface area contributed by atoms with E-state index in [1.165, 1.54) is 28.7 Å². The van der Waals surface area contributed by atoms with Crippen LogP contribution >= 0.6 is 11.3 Å². The Hall–Kier alpha value is -3.33. The summed E-state index contributed by atoms with van der Waals surface area (Å²) in [6.45, 7) is 0.400. The Balaban J connectivity index is 1.69. The Morgan fingerprint density at radius 3 is 2.96 bits per heavy atom. The number of thiazole rings is 1. The predicted molar refractivity (Wildman–Crippen MR) is 102 cm³/mol. The molecule has 0 aliphatic carbocycles. The number of hydrogen-bond acceptors (Lipinski definition) is 7. The molecule has 0 bridgehead atoms. The van der Waals surface area contributed by atoms with Crippen molar-refractivity contribution in [3.8, 4) is 5.75 Å². The summed E-state index contributed by atoms with van der Waals surface area (Å²) in [6, 6.07) is 11.3. The molecule has 4 rings (SSSR count). The maximum absolute atomic E-state index is 13.0. The highest BCUT2D eigenvalue weighted by atomic mass is 32.1. The number of hydrogen-bond donors (Lipinski definition) is 0. The molecule has 0 spiro atoms. The number of nitrogens with zero attached hydrogens (tertiary/aromatic N) is 6. The van der Waals surface area contributed by atoms with E-state index in [-0.39, 0.29) is 12.5 Å². The molecular formula is C18H16N6O2S. The van der Waals surface area contributed by atoms with Crippen molar-refractivity contribution in [3.05, 3.63) is 60.9 Å². The maximum Gasteiger partial charge on any atom is 0.250 e. The average molecular weight is 380 g/mol. The van der Waals surface area contributed by atoms with Crippen LogP contribution in [0.2, 0.25) is 0 Å². The lowest BCUT2D eigenvalue weighted by molar-refractivity contribution is -0.119. The van der Waals surface area contributed by atoms with Crippen LogP contribution in [0.4, 0.5) is 5.13 Å². The van der Waals surface area contributed by atoms with Gasteiger partial charge in [0.15, 0.2) is 5.13 Å². The molecule has 8 nitrogen and oxygen atoms in total. The number of pyridine rings is 1. The standard InChI is InChI=1S/C18H16N6O2S/c1-26-14-5-6-15-16(8-14)27-18(22-15)24(9-13-4-2-3-7-20-13)17(25)10-23-12-19-11-21-23/h2-8,11-12H,9-10H2,1H3. The summed E-state index contributed by atoms with van der Waals surface area (Å²) >= 11 is 1.44. The Morgan fingerprint density at radius 1 is 1.30 bits per heavy atom. The van der Waals surface area contributed by atoms with E-state index in [1.807, 2.05) is 36.4 Å². The number of aromatic nitrogens is 5. The van der Waals surface area contributed by atoms with Gasteiger partial charge in [0.05, 0.1) is 29.6 Å². The normalized spacial score (nSPS) is 10.9. The van der Waals surface area contributed by atoms with Crippen LogP contribution in [0.25, 0.3) is 10.2 Å². The predicted octanol–water partition coefficient (Wildman–Crippen LogP) is 2.52. The zero-order valence-electron chi connectivity index (χ0n) is 14.5. The van der Waals surface area contributed by atoms with Crippen LogP contribution in [-0.2, 0) is 17.9 Å². The van der Waals surface area contributed by atoms with Gasteiger partial charge in [-0.25, -0.2) is 14.6 Å². The fraction of sp³-hybridized carbons (Fsp3) is 0.167. The third kappa shape index (κ3) is 3.77. The number of carbonyl (C=O) groups is 1. The van der Waals surface area contributed by atoms with Gasteiger partial charge in [-0.15, -0.1) is 0 Å². The van der Waals surface area contributed by atoms with E-state index < -0.39 is 0 Å². The van der Waals surface area contributed by atoms with Crippen LogP contribution in [0.5, 0.6) is 5.75 Å². The van der Waals surface area contributed by atoms with Gasteiger partial charge >= 0.3 is 0 Å². The molecule has 0 aliphatic rings. The Labute approximate surface area is 159 Å².